The van der Waals surface area contributed by atoms with E-state index in [1.807, 2.05) is 6.92 Å². The molecule has 0 bridgehead atoms. The number of unbranched alkanes of at least 4 members (excludes halogenated alkanes) is 7. The Morgan fingerprint density at radius 1 is 0.947 bits per heavy atom. The van der Waals surface area contributed by atoms with Crippen molar-refractivity contribution in [2.75, 3.05) is 6.61 Å². The van der Waals surface area contributed by atoms with E-state index in [1.54, 1.807) is 0 Å². The zero-order chi connectivity index (χ0) is 14.3. The van der Waals surface area contributed by atoms with Crippen molar-refractivity contribution in [1.82, 2.24) is 0 Å². The Morgan fingerprint density at radius 2 is 1.53 bits per heavy atom. The maximum Gasteiger partial charge on any atom is 0.305 e. The molecule has 0 heterocycles. The van der Waals surface area contributed by atoms with Crippen LogP contribution in [0.2, 0.25) is 0 Å². The molecule has 0 amide bonds. The second-order valence-corrected chi connectivity index (χ2v) is 5.35. The summed E-state index contributed by atoms with van der Waals surface area (Å²) in [6.45, 7) is 4.34. The van der Waals surface area contributed by atoms with Crippen LogP contribution in [0.25, 0.3) is 0 Å². The van der Waals surface area contributed by atoms with E-state index in [9.17, 15) is 9.90 Å². The van der Waals surface area contributed by atoms with E-state index < -0.39 is 6.10 Å². The van der Waals surface area contributed by atoms with Crippen molar-refractivity contribution in [3.8, 4) is 0 Å². The fourth-order valence-electron chi connectivity index (χ4n) is 2.06. The minimum atomic E-state index is -0.485. The molecule has 3 nitrogen and oxygen atoms in total. The zero-order valence-electron chi connectivity index (χ0n) is 12.8. The molecular formula is C16H32O3. The number of hydrogen-bond acceptors (Lipinski definition) is 3. The van der Waals surface area contributed by atoms with Crippen LogP contribution in [0, 0.1) is 0 Å². The van der Waals surface area contributed by atoms with Gasteiger partial charge in [0.15, 0.2) is 0 Å². The number of aliphatic hydroxyl groups excluding tert-OH is 1. The molecule has 0 saturated heterocycles. The van der Waals surface area contributed by atoms with Crippen LogP contribution in [0.5, 0.6) is 0 Å². The van der Waals surface area contributed by atoms with Crippen molar-refractivity contribution in [1.29, 1.82) is 0 Å². The normalized spacial score (nSPS) is 12.4. The average molecular weight is 272 g/mol. The highest BCUT2D eigenvalue weighted by Gasteiger charge is 2.07. The Balaban J connectivity index is 3.24. The maximum atomic E-state index is 11.1. The molecule has 0 spiro atoms. The molecule has 3 heteroatoms. The number of aliphatic hydroxyl groups is 1. The molecule has 1 atom stereocenters. The van der Waals surface area contributed by atoms with E-state index in [1.165, 1.54) is 44.9 Å². The summed E-state index contributed by atoms with van der Waals surface area (Å²) in [4.78, 5) is 11.1. The van der Waals surface area contributed by atoms with Gasteiger partial charge in [0.2, 0.25) is 0 Å². The summed E-state index contributed by atoms with van der Waals surface area (Å²) in [5.41, 5.74) is 0. The van der Waals surface area contributed by atoms with Gasteiger partial charge >= 0.3 is 5.97 Å². The van der Waals surface area contributed by atoms with Gasteiger partial charge in [-0.1, -0.05) is 65.2 Å². The van der Waals surface area contributed by atoms with Gasteiger partial charge in [0, 0.05) is 6.42 Å². The Hall–Kier alpha value is -0.570. The quantitative estimate of drug-likeness (QED) is 0.403. The molecule has 1 N–H and O–H groups in total. The van der Waals surface area contributed by atoms with Gasteiger partial charge in [-0.25, -0.2) is 0 Å². The number of rotatable bonds is 13. The highest BCUT2D eigenvalue weighted by atomic mass is 16.5. The standard InChI is InChI=1S/C16H32O3/c1-3-5-6-7-8-9-10-11-13-15(17)14-19-16(18)12-4-2/h15,17H,3-14H2,1-2H3. The topological polar surface area (TPSA) is 46.5 Å². The van der Waals surface area contributed by atoms with Crippen LogP contribution >= 0.6 is 0 Å². The summed E-state index contributed by atoms with van der Waals surface area (Å²) < 4.78 is 4.98. The lowest BCUT2D eigenvalue weighted by Gasteiger charge is -2.11. The summed E-state index contributed by atoms with van der Waals surface area (Å²) in [6, 6.07) is 0. The summed E-state index contributed by atoms with van der Waals surface area (Å²) in [7, 11) is 0. The van der Waals surface area contributed by atoms with Gasteiger partial charge in [-0.15, -0.1) is 0 Å². The maximum absolute atomic E-state index is 11.1. The van der Waals surface area contributed by atoms with Crippen molar-refractivity contribution < 1.29 is 14.6 Å². The van der Waals surface area contributed by atoms with Gasteiger partial charge in [0.1, 0.15) is 6.61 Å². The van der Waals surface area contributed by atoms with Crippen molar-refractivity contribution in [2.24, 2.45) is 0 Å². The molecule has 0 aromatic carbocycles. The Morgan fingerprint density at radius 3 is 2.11 bits per heavy atom. The van der Waals surface area contributed by atoms with Gasteiger partial charge in [-0.05, 0) is 12.8 Å². The first-order valence-electron chi connectivity index (χ1n) is 8.04. The Bertz CT molecular complexity index is 204. The molecule has 0 aliphatic rings. The van der Waals surface area contributed by atoms with Crippen LogP contribution in [0.3, 0.4) is 0 Å². The van der Waals surface area contributed by atoms with E-state index in [4.69, 9.17) is 4.74 Å². The van der Waals surface area contributed by atoms with Crippen LogP contribution in [0.1, 0.15) is 84.5 Å². The fourth-order valence-corrected chi connectivity index (χ4v) is 2.06. The average Bonchev–Trinajstić information content (AvgIpc) is 2.40. The molecule has 0 aromatic rings. The number of ether oxygens (including phenoxy) is 1. The first kappa shape index (κ1) is 18.4. The van der Waals surface area contributed by atoms with E-state index in [0.717, 1.165) is 19.3 Å². The lowest BCUT2D eigenvalue weighted by atomic mass is 10.1. The van der Waals surface area contributed by atoms with Crippen molar-refractivity contribution in [2.45, 2.75) is 90.6 Å². The van der Waals surface area contributed by atoms with Gasteiger partial charge in [0.05, 0.1) is 6.10 Å². The SMILES string of the molecule is CCCCCCCCCCC(O)COC(=O)CCC. The van der Waals surface area contributed by atoms with Crippen molar-refractivity contribution >= 4 is 5.97 Å². The molecule has 0 aliphatic heterocycles. The fraction of sp³-hybridized carbons (Fsp3) is 0.938. The van der Waals surface area contributed by atoms with Gasteiger partial charge < -0.3 is 9.84 Å². The molecule has 0 saturated carbocycles. The van der Waals surface area contributed by atoms with E-state index in [2.05, 4.69) is 6.92 Å². The largest absolute Gasteiger partial charge is 0.463 e. The zero-order valence-corrected chi connectivity index (χ0v) is 12.8. The highest BCUT2D eigenvalue weighted by molar-refractivity contribution is 5.69. The van der Waals surface area contributed by atoms with Crippen LogP contribution in [-0.2, 0) is 9.53 Å². The monoisotopic (exact) mass is 272 g/mol. The lowest BCUT2D eigenvalue weighted by molar-refractivity contribution is -0.146. The van der Waals surface area contributed by atoms with Crippen molar-refractivity contribution in [3.63, 3.8) is 0 Å². The smallest absolute Gasteiger partial charge is 0.305 e. The molecule has 0 aliphatic carbocycles. The van der Waals surface area contributed by atoms with Gasteiger partial charge in [-0.2, -0.15) is 0 Å². The van der Waals surface area contributed by atoms with E-state index in [-0.39, 0.29) is 12.6 Å². The predicted molar refractivity (Wildman–Crippen MR) is 79.1 cm³/mol. The van der Waals surface area contributed by atoms with Crippen LogP contribution < -0.4 is 0 Å². The van der Waals surface area contributed by atoms with Crippen LogP contribution in [0.15, 0.2) is 0 Å². The Kier molecular flexibility index (Phi) is 13.4. The second kappa shape index (κ2) is 13.9. The summed E-state index contributed by atoms with van der Waals surface area (Å²) >= 11 is 0. The number of carbonyl (C=O) groups is 1. The van der Waals surface area contributed by atoms with Gasteiger partial charge in [-0.3, -0.25) is 4.79 Å². The number of esters is 1. The molecule has 114 valence electrons. The van der Waals surface area contributed by atoms with E-state index in [0.29, 0.717) is 6.42 Å². The molecule has 0 radical (unpaired) electrons. The molecule has 0 rings (SSSR count). The molecule has 0 fully saturated rings. The molecule has 19 heavy (non-hydrogen) atoms. The molecule has 1 unspecified atom stereocenters. The highest BCUT2D eigenvalue weighted by Crippen LogP contribution is 2.10. The van der Waals surface area contributed by atoms with Crippen LogP contribution in [-0.4, -0.2) is 23.8 Å². The first-order chi connectivity index (χ1) is 9.20. The van der Waals surface area contributed by atoms with Crippen LogP contribution in [0.4, 0.5) is 0 Å². The third-order valence-electron chi connectivity index (χ3n) is 3.28. The Labute approximate surface area is 118 Å². The molecular weight excluding hydrogens is 240 g/mol. The van der Waals surface area contributed by atoms with Crippen molar-refractivity contribution in [3.05, 3.63) is 0 Å². The summed E-state index contributed by atoms with van der Waals surface area (Å²) in [5.74, 6) is -0.197. The second-order valence-electron chi connectivity index (χ2n) is 5.35. The van der Waals surface area contributed by atoms with E-state index >= 15 is 0 Å². The minimum absolute atomic E-state index is 0.162. The lowest BCUT2D eigenvalue weighted by Crippen LogP contribution is -2.18. The predicted octanol–water partition coefficient (Wildman–Crippen LogP) is 4.22. The van der Waals surface area contributed by atoms with Gasteiger partial charge in [0.25, 0.3) is 0 Å². The molecule has 0 aromatic heterocycles. The summed E-state index contributed by atoms with van der Waals surface area (Å²) in [5, 5.41) is 9.66. The number of carbonyl (C=O) groups excluding carboxylic acids is 1. The number of hydrogen-bond donors (Lipinski definition) is 1. The first-order valence-corrected chi connectivity index (χ1v) is 8.04. The summed E-state index contributed by atoms with van der Waals surface area (Å²) in [6.07, 6.45) is 11.6. The third-order valence-corrected chi connectivity index (χ3v) is 3.28. The minimum Gasteiger partial charge on any atom is -0.463 e. The third kappa shape index (κ3) is 13.7.